The molecule has 0 spiro atoms. The molecule has 1 fully saturated rings. The van der Waals surface area contributed by atoms with E-state index in [1.54, 1.807) is 18.3 Å². The van der Waals surface area contributed by atoms with Crippen LogP contribution in [-0.4, -0.2) is 35.7 Å². The van der Waals surface area contributed by atoms with Crippen LogP contribution in [0, 0.1) is 5.92 Å². The number of nitrogens with one attached hydrogen (secondary N) is 1. The van der Waals surface area contributed by atoms with Crippen molar-refractivity contribution in [3.63, 3.8) is 0 Å². The number of anilines is 2. The molecule has 138 valence electrons. The van der Waals surface area contributed by atoms with E-state index in [2.05, 4.69) is 9.88 Å². The Hall–Kier alpha value is -2.86. The number of aliphatic hydroxyl groups is 1. The molecule has 5 nitrogen and oxygen atoms in total. The third kappa shape index (κ3) is 2.36. The van der Waals surface area contributed by atoms with Gasteiger partial charge in [-0.2, -0.15) is 0 Å². The fraction of sp³-hybridized carbons (Fsp3) is 0.286. The number of hydrogen-bond donors (Lipinski definition) is 2. The number of hydrogen-bond acceptors (Lipinski definition) is 3. The van der Waals surface area contributed by atoms with Crippen LogP contribution in [0.3, 0.4) is 0 Å². The summed E-state index contributed by atoms with van der Waals surface area (Å²) in [6, 6.07) is 11.1. The molecular formula is C21H20FN3O2. The molecule has 5 rings (SSSR count). The van der Waals surface area contributed by atoms with Crippen LogP contribution >= 0.6 is 0 Å². The van der Waals surface area contributed by atoms with Crippen molar-refractivity contribution in [2.45, 2.75) is 12.8 Å². The lowest BCUT2D eigenvalue weighted by atomic mass is 9.93. The first-order valence-electron chi connectivity index (χ1n) is 9.28. The zero-order chi connectivity index (χ0) is 18.5. The molecule has 27 heavy (non-hydrogen) atoms. The number of aliphatic hydroxyl groups excluding tert-OH is 1. The summed E-state index contributed by atoms with van der Waals surface area (Å²) in [4.78, 5) is 18.1. The van der Waals surface area contributed by atoms with Gasteiger partial charge in [0.25, 0.3) is 5.91 Å². The molecule has 2 aliphatic heterocycles. The number of rotatable bonds is 3. The van der Waals surface area contributed by atoms with E-state index in [4.69, 9.17) is 0 Å². The van der Waals surface area contributed by atoms with Crippen molar-refractivity contribution in [2.24, 2.45) is 5.92 Å². The Morgan fingerprint density at radius 1 is 1.22 bits per heavy atom. The summed E-state index contributed by atoms with van der Waals surface area (Å²) in [5.74, 6) is -0.390. The highest BCUT2D eigenvalue weighted by molar-refractivity contribution is 6.28. The number of H-pyrrole nitrogens is 1. The molecule has 3 heterocycles. The van der Waals surface area contributed by atoms with Crippen LogP contribution in [0.5, 0.6) is 0 Å². The Morgan fingerprint density at radius 2 is 2.11 bits per heavy atom. The van der Waals surface area contributed by atoms with E-state index in [1.165, 1.54) is 0 Å². The number of carbonyl (C=O) groups excluding carboxylic acids is 1. The molecule has 0 radical (unpaired) electrons. The number of amides is 1. The molecule has 1 atom stereocenters. The standard InChI is InChI=1S/C21H20FN3O2/c22-25-17-7-1-5-14-18(24-9-3-4-13(11-24)12-26)10-15(16-6-2-8-23-16)20(19(14)17)21(25)27/h1-2,5-8,10,13,23,26H,3-4,9,11-12H2. The number of benzene rings is 2. The first-order valence-corrected chi connectivity index (χ1v) is 9.28. The van der Waals surface area contributed by atoms with Crippen LogP contribution in [-0.2, 0) is 0 Å². The van der Waals surface area contributed by atoms with Crippen LogP contribution in [0.4, 0.5) is 15.9 Å². The van der Waals surface area contributed by atoms with Gasteiger partial charge in [-0.05, 0) is 43.0 Å². The number of nitrogens with zero attached hydrogens (tertiary/aromatic N) is 2. The average molecular weight is 365 g/mol. The van der Waals surface area contributed by atoms with Gasteiger partial charge < -0.3 is 15.0 Å². The fourth-order valence-electron chi connectivity index (χ4n) is 4.44. The third-order valence-corrected chi connectivity index (χ3v) is 5.73. The second-order valence-electron chi connectivity index (χ2n) is 7.32. The SMILES string of the molecule is O=C1c2c(-c3ccc[nH]3)cc(N3CCCC(CO)C3)c3cccc(c23)N1F. The minimum Gasteiger partial charge on any atom is -0.396 e. The number of aromatic nitrogens is 1. The lowest BCUT2D eigenvalue weighted by Gasteiger charge is -2.34. The highest BCUT2D eigenvalue weighted by Crippen LogP contribution is 2.46. The molecule has 1 amide bonds. The van der Waals surface area contributed by atoms with E-state index in [9.17, 15) is 14.4 Å². The molecule has 0 saturated carbocycles. The van der Waals surface area contributed by atoms with Crippen LogP contribution in [0.15, 0.2) is 42.6 Å². The number of halogens is 1. The maximum absolute atomic E-state index is 14.6. The average Bonchev–Trinajstić information content (AvgIpc) is 3.33. The first-order chi connectivity index (χ1) is 13.2. The van der Waals surface area contributed by atoms with Gasteiger partial charge >= 0.3 is 0 Å². The summed E-state index contributed by atoms with van der Waals surface area (Å²) in [5.41, 5.74) is 3.21. The second kappa shape index (κ2) is 6.09. The van der Waals surface area contributed by atoms with Gasteiger partial charge in [0.2, 0.25) is 0 Å². The maximum atomic E-state index is 14.6. The van der Waals surface area contributed by atoms with E-state index in [1.807, 2.05) is 24.3 Å². The van der Waals surface area contributed by atoms with E-state index < -0.39 is 5.91 Å². The van der Waals surface area contributed by atoms with Crippen molar-refractivity contribution in [3.8, 4) is 11.3 Å². The van der Waals surface area contributed by atoms with Gasteiger partial charge in [0.15, 0.2) is 0 Å². The Kier molecular flexibility index (Phi) is 3.68. The predicted octanol–water partition coefficient (Wildman–Crippen LogP) is 3.89. The minimum absolute atomic E-state index is 0.165. The molecular weight excluding hydrogens is 345 g/mol. The van der Waals surface area contributed by atoms with Gasteiger partial charge in [0.05, 0.1) is 11.3 Å². The summed E-state index contributed by atoms with van der Waals surface area (Å²) in [5, 5.41) is 11.4. The van der Waals surface area contributed by atoms with Gasteiger partial charge in [0.1, 0.15) is 0 Å². The van der Waals surface area contributed by atoms with Gasteiger partial charge in [-0.3, -0.25) is 4.79 Å². The molecule has 2 aromatic carbocycles. The van der Waals surface area contributed by atoms with Crippen molar-refractivity contribution in [2.75, 3.05) is 29.7 Å². The smallest absolute Gasteiger partial charge is 0.287 e. The monoisotopic (exact) mass is 365 g/mol. The van der Waals surface area contributed by atoms with Crippen LogP contribution in [0.1, 0.15) is 23.2 Å². The number of aromatic amines is 1. The molecule has 1 aromatic heterocycles. The summed E-state index contributed by atoms with van der Waals surface area (Å²) in [6.07, 6.45) is 3.81. The van der Waals surface area contributed by atoms with E-state index in [0.29, 0.717) is 22.2 Å². The van der Waals surface area contributed by atoms with Crippen LogP contribution in [0.25, 0.3) is 22.0 Å². The van der Waals surface area contributed by atoms with Crippen molar-refractivity contribution < 1.29 is 14.4 Å². The van der Waals surface area contributed by atoms with Crippen LogP contribution < -0.4 is 10.0 Å². The van der Waals surface area contributed by atoms with E-state index >= 15 is 0 Å². The highest BCUT2D eigenvalue weighted by Gasteiger charge is 2.35. The Labute approximate surface area is 155 Å². The Balaban J connectivity index is 1.79. The molecule has 2 N–H and O–H groups in total. The second-order valence-corrected chi connectivity index (χ2v) is 7.32. The van der Waals surface area contributed by atoms with Gasteiger partial charge in [-0.1, -0.05) is 16.6 Å². The fourth-order valence-corrected chi connectivity index (χ4v) is 4.44. The van der Waals surface area contributed by atoms with Gasteiger partial charge in [-0.15, -0.1) is 5.12 Å². The molecule has 0 aliphatic carbocycles. The van der Waals surface area contributed by atoms with Crippen molar-refractivity contribution in [1.82, 2.24) is 4.98 Å². The predicted molar refractivity (Wildman–Crippen MR) is 104 cm³/mol. The van der Waals surface area contributed by atoms with Gasteiger partial charge in [-0.25, -0.2) is 0 Å². The molecule has 1 saturated heterocycles. The third-order valence-electron chi connectivity index (χ3n) is 5.73. The lowest BCUT2D eigenvalue weighted by Crippen LogP contribution is -2.37. The molecule has 1 unspecified atom stereocenters. The molecule has 0 bridgehead atoms. The quantitative estimate of drug-likeness (QED) is 0.693. The topological polar surface area (TPSA) is 59.6 Å². The first kappa shape index (κ1) is 16.3. The summed E-state index contributed by atoms with van der Waals surface area (Å²) >= 11 is 0. The van der Waals surface area contributed by atoms with Crippen molar-refractivity contribution in [1.29, 1.82) is 0 Å². The molecule has 3 aromatic rings. The highest BCUT2D eigenvalue weighted by atomic mass is 19.2. The molecule has 2 aliphatic rings. The van der Waals surface area contributed by atoms with E-state index in [-0.39, 0.29) is 17.6 Å². The lowest BCUT2D eigenvalue weighted by molar-refractivity contribution is 0.0940. The van der Waals surface area contributed by atoms with Crippen molar-refractivity contribution >= 4 is 28.1 Å². The maximum Gasteiger partial charge on any atom is 0.287 e. The number of piperidine rings is 1. The summed E-state index contributed by atoms with van der Waals surface area (Å²) in [7, 11) is 0. The van der Waals surface area contributed by atoms with Gasteiger partial charge in [0, 0.05) is 53.6 Å². The largest absolute Gasteiger partial charge is 0.396 e. The normalized spacial score (nSPS) is 19.3. The minimum atomic E-state index is -0.621. The van der Waals surface area contributed by atoms with E-state index in [0.717, 1.165) is 42.7 Å². The summed E-state index contributed by atoms with van der Waals surface area (Å²) < 4.78 is 14.6. The summed E-state index contributed by atoms with van der Waals surface area (Å²) in [6.45, 7) is 1.80. The molecule has 6 heteroatoms. The Bertz CT molecular complexity index is 1030. The van der Waals surface area contributed by atoms with Crippen LogP contribution in [0.2, 0.25) is 0 Å². The zero-order valence-electron chi connectivity index (χ0n) is 14.8. The number of carbonyl (C=O) groups is 1. The zero-order valence-corrected chi connectivity index (χ0v) is 14.8. The van der Waals surface area contributed by atoms with Crippen molar-refractivity contribution in [3.05, 3.63) is 48.2 Å². The Morgan fingerprint density at radius 3 is 2.89 bits per heavy atom.